The Hall–Kier alpha value is -2.50. The Morgan fingerprint density at radius 2 is 1.75 bits per heavy atom. The monoisotopic (exact) mass is 391 g/mol. The molecule has 28 heavy (non-hydrogen) atoms. The van der Waals surface area contributed by atoms with E-state index in [0.717, 1.165) is 12.7 Å². The van der Waals surface area contributed by atoms with E-state index in [9.17, 15) is 14.4 Å². The molecular weight excluding hydrogens is 358 g/mol. The van der Waals surface area contributed by atoms with Crippen LogP contribution in [0.1, 0.15) is 87.9 Å². The molecule has 1 aliphatic rings. The summed E-state index contributed by atoms with van der Waals surface area (Å²) in [5.41, 5.74) is 0.721. The molecule has 0 radical (unpaired) electrons. The minimum atomic E-state index is -0.329. The molecule has 1 aromatic rings. The van der Waals surface area contributed by atoms with Crippen molar-refractivity contribution in [1.29, 1.82) is 0 Å². The number of ketones is 1. The molecule has 0 aliphatic carbocycles. The summed E-state index contributed by atoms with van der Waals surface area (Å²) < 4.78 is 5.47. The molecular formula is C22H33NO5. The van der Waals surface area contributed by atoms with Gasteiger partial charge in [0.05, 0.1) is 17.7 Å². The number of nitrogens with zero attached hydrogens (tertiary/aromatic N) is 1. The van der Waals surface area contributed by atoms with Crippen molar-refractivity contribution >= 4 is 23.9 Å². The number of imide groups is 1. The molecule has 1 unspecified atom stereocenters. The minimum Gasteiger partial charge on any atom is -0.493 e. The normalized spacial score (nSPS) is 12.9. The highest BCUT2D eigenvalue weighted by Gasteiger charge is 2.40. The van der Waals surface area contributed by atoms with Crippen molar-refractivity contribution in [2.75, 3.05) is 6.61 Å². The number of aldehydes is 1. The van der Waals surface area contributed by atoms with Crippen LogP contribution in [0.4, 0.5) is 0 Å². The summed E-state index contributed by atoms with van der Waals surface area (Å²) in [7, 11) is 0. The third-order valence-electron chi connectivity index (χ3n) is 4.02. The van der Waals surface area contributed by atoms with Gasteiger partial charge in [0.2, 0.25) is 0 Å². The molecule has 0 spiro atoms. The Labute approximate surface area is 168 Å². The van der Waals surface area contributed by atoms with E-state index in [4.69, 9.17) is 9.53 Å². The van der Waals surface area contributed by atoms with Gasteiger partial charge in [-0.1, -0.05) is 26.8 Å². The predicted octanol–water partition coefficient (Wildman–Crippen LogP) is 4.45. The second-order valence-electron chi connectivity index (χ2n) is 6.00. The Balaban J connectivity index is 0.00000133. The number of fused-ring (bicyclic) bond motifs is 1. The first-order chi connectivity index (χ1) is 13.4. The first-order valence-electron chi connectivity index (χ1n) is 9.97. The van der Waals surface area contributed by atoms with Crippen LogP contribution in [-0.4, -0.2) is 41.4 Å². The lowest BCUT2D eigenvalue weighted by Crippen LogP contribution is -2.38. The van der Waals surface area contributed by atoms with E-state index in [1.807, 2.05) is 27.7 Å². The topological polar surface area (TPSA) is 80.8 Å². The first kappa shape index (κ1) is 25.5. The van der Waals surface area contributed by atoms with Crippen LogP contribution < -0.4 is 4.74 Å². The Morgan fingerprint density at radius 3 is 2.29 bits per heavy atom. The van der Waals surface area contributed by atoms with Crippen molar-refractivity contribution in [3.05, 3.63) is 29.3 Å². The number of carbonyl (C=O) groups excluding carboxylic acids is 4. The summed E-state index contributed by atoms with van der Waals surface area (Å²) in [6.07, 6.45) is 3.00. The molecule has 0 saturated carbocycles. The lowest BCUT2D eigenvalue weighted by molar-refractivity contribution is -0.119. The van der Waals surface area contributed by atoms with Crippen LogP contribution in [0.2, 0.25) is 0 Å². The number of amides is 2. The summed E-state index contributed by atoms with van der Waals surface area (Å²) in [4.78, 5) is 46.9. The quantitative estimate of drug-likeness (QED) is 0.483. The number of carbonyl (C=O) groups is 4. The van der Waals surface area contributed by atoms with Gasteiger partial charge < -0.3 is 9.53 Å². The molecule has 0 fully saturated rings. The van der Waals surface area contributed by atoms with Crippen molar-refractivity contribution in [2.45, 2.75) is 73.3 Å². The minimum absolute atomic E-state index is 0.172. The fourth-order valence-electron chi connectivity index (χ4n) is 2.85. The molecule has 0 saturated heterocycles. The zero-order valence-electron chi connectivity index (χ0n) is 17.9. The van der Waals surface area contributed by atoms with Crippen molar-refractivity contribution in [3.63, 3.8) is 0 Å². The van der Waals surface area contributed by atoms with Gasteiger partial charge >= 0.3 is 0 Å². The molecule has 1 atom stereocenters. The molecule has 1 heterocycles. The van der Waals surface area contributed by atoms with Gasteiger partial charge in [-0.15, -0.1) is 0 Å². The molecule has 0 bridgehead atoms. The van der Waals surface area contributed by atoms with Crippen LogP contribution >= 0.6 is 0 Å². The molecule has 1 aliphatic heterocycles. The molecule has 6 heteroatoms. The van der Waals surface area contributed by atoms with Crippen LogP contribution in [0.25, 0.3) is 0 Å². The SMILES string of the molecule is CC.CC=O.CCCC(=O)CCC(C)N1C(=O)c2cccc(OCC)c2C1=O. The van der Waals surface area contributed by atoms with Gasteiger partial charge in [0.15, 0.2) is 0 Å². The third kappa shape index (κ3) is 6.59. The second-order valence-corrected chi connectivity index (χ2v) is 6.00. The smallest absolute Gasteiger partial charge is 0.265 e. The average Bonchev–Trinajstić information content (AvgIpc) is 2.94. The van der Waals surface area contributed by atoms with Crippen LogP contribution in [-0.2, 0) is 9.59 Å². The summed E-state index contributed by atoms with van der Waals surface area (Å²) in [6.45, 7) is 11.5. The molecule has 0 N–H and O–H groups in total. The summed E-state index contributed by atoms with van der Waals surface area (Å²) in [6, 6.07) is 4.76. The zero-order chi connectivity index (χ0) is 21.7. The van der Waals surface area contributed by atoms with Gasteiger partial charge in [-0.2, -0.15) is 0 Å². The highest BCUT2D eigenvalue weighted by molar-refractivity contribution is 6.22. The lowest BCUT2D eigenvalue weighted by atomic mass is 10.1. The maximum Gasteiger partial charge on any atom is 0.265 e. The number of hydrogen-bond donors (Lipinski definition) is 0. The fourth-order valence-corrected chi connectivity index (χ4v) is 2.85. The van der Waals surface area contributed by atoms with E-state index < -0.39 is 0 Å². The molecule has 6 nitrogen and oxygen atoms in total. The lowest BCUT2D eigenvalue weighted by Gasteiger charge is -2.22. The van der Waals surface area contributed by atoms with Gasteiger partial charge in [0.25, 0.3) is 11.8 Å². The first-order valence-corrected chi connectivity index (χ1v) is 9.97. The van der Waals surface area contributed by atoms with E-state index in [-0.39, 0.29) is 23.6 Å². The predicted molar refractivity (Wildman–Crippen MR) is 110 cm³/mol. The highest BCUT2D eigenvalue weighted by Crippen LogP contribution is 2.32. The van der Waals surface area contributed by atoms with Gasteiger partial charge in [0, 0.05) is 18.9 Å². The van der Waals surface area contributed by atoms with E-state index in [1.54, 1.807) is 25.1 Å². The molecule has 2 amide bonds. The maximum absolute atomic E-state index is 12.7. The van der Waals surface area contributed by atoms with Crippen LogP contribution in [0.15, 0.2) is 18.2 Å². The summed E-state index contributed by atoms with van der Waals surface area (Å²) >= 11 is 0. The van der Waals surface area contributed by atoms with Crippen LogP contribution in [0, 0.1) is 0 Å². The Kier molecular flexibility index (Phi) is 12.4. The molecule has 1 aromatic carbocycles. The van der Waals surface area contributed by atoms with Crippen molar-refractivity contribution in [2.24, 2.45) is 0 Å². The maximum atomic E-state index is 12.7. The fraction of sp³-hybridized carbons (Fsp3) is 0.545. The number of hydrogen-bond acceptors (Lipinski definition) is 5. The molecule has 2 rings (SSSR count). The van der Waals surface area contributed by atoms with Crippen molar-refractivity contribution < 1.29 is 23.9 Å². The number of rotatable bonds is 8. The van der Waals surface area contributed by atoms with E-state index in [2.05, 4.69) is 0 Å². The number of ether oxygens (including phenoxy) is 1. The van der Waals surface area contributed by atoms with Gasteiger partial charge in [-0.05, 0) is 45.7 Å². The summed E-state index contributed by atoms with van der Waals surface area (Å²) in [5, 5.41) is 0. The van der Waals surface area contributed by atoms with E-state index in [0.29, 0.717) is 42.7 Å². The van der Waals surface area contributed by atoms with Gasteiger partial charge in [0.1, 0.15) is 17.8 Å². The van der Waals surface area contributed by atoms with Crippen molar-refractivity contribution in [1.82, 2.24) is 4.90 Å². The van der Waals surface area contributed by atoms with E-state index >= 15 is 0 Å². The zero-order valence-corrected chi connectivity index (χ0v) is 17.9. The summed E-state index contributed by atoms with van der Waals surface area (Å²) in [5.74, 6) is -0.0162. The third-order valence-corrected chi connectivity index (χ3v) is 4.02. The van der Waals surface area contributed by atoms with E-state index in [1.165, 1.54) is 11.8 Å². The molecule has 0 aromatic heterocycles. The largest absolute Gasteiger partial charge is 0.493 e. The average molecular weight is 392 g/mol. The highest BCUT2D eigenvalue weighted by atomic mass is 16.5. The van der Waals surface area contributed by atoms with Gasteiger partial charge in [-0.3, -0.25) is 19.3 Å². The van der Waals surface area contributed by atoms with Crippen LogP contribution in [0.5, 0.6) is 5.75 Å². The van der Waals surface area contributed by atoms with Crippen LogP contribution in [0.3, 0.4) is 0 Å². The Bertz CT molecular complexity index is 669. The van der Waals surface area contributed by atoms with Crippen molar-refractivity contribution in [3.8, 4) is 5.75 Å². The number of Topliss-reactive ketones (excluding diaryl/α,β-unsaturated/α-hetero) is 1. The Morgan fingerprint density at radius 1 is 1.14 bits per heavy atom. The second kappa shape index (κ2) is 13.6. The standard InChI is InChI=1S/C18H23NO4.C2H4O.C2H6/c1-4-7-13(20)11-10-12(3)19-17(21)14-8-6-9-15(23-5-2)16(14)18(19)22;1-2-3;1-2/h6,8-9,12H,4-5,7,10-11H2,1-3H3;2H,1H3;1-2H3. The molecule has 156 valence electrons. The number of benzene rings is 1. The van der Waals surface area contributed by atoms with Gasteiger partial charge in [-0.25, -0.2) is 0 Å².